The van der Waals surface area contributed by atoms with E-state index in [9.17, 15) is 4.79 Å². The first-order valence-corrected chi connectivity index (χ1v) is 5.27. The van der Waals surface area contributed by atoms with Crippen LogP contribution in [0.4, 0.5) is 0 Å². The van der Waals surface area contributed by atoms with Gasteiger partial charge in [-0.25, -0.2) is 0 Å². The number of amides is 1. The van der Waals surface area contributed by atoms with Crippen molar-refractivity contribution < 1.29 is 4.79 Å². The van der Waals surface area contributed by atoms with E-state index in [1.165, 1.54) is 0 Å². The average molecular weight is 209 g/mol. The molecular weight excluding hydrogens is 186 g/mol. The number of allylic oxidation sites excluding steroid dienone is 3. The molecule has 0 bridgehead atoms. The minimum absolute atomic E-state index is 0.0852. The fourth-order valence-electron chi connectivity index (χ4n) is 0.859. The summed E-state index contributed by atoms with van der Waals surface area (Å²) in [5.41, 5.74) is 1.10. The van der Waals surface area contributed by atoms with Gasteiger partial charge in [0.2, 0.25) is 5.91 Å². The van der Waals surface area contributed by atoms with Crippen LogP contribution in [0.25, 0.3) is 0 Å². The Morgan fingerprint density at radius 1 is 1.33 bits per heavy atom. The Balaban J connectivity index is 0. The molecule has 2 nitrogen and oxygen atoms in total. The van der Waals surface area contributed by atoms with Gasteiger partial charge in [0, 0.05) is 20.5 Å². The maximum atomic E-state index is 10.9. The van der Waals surface area contributed by atoms with Crippen LogP contribution in [0.1, 0.15) is 27.2 Å². The summed E-state index contributed by atoms with van der Waals surface area (Å²) in [5.74, 6) is 0.0852. The van der Waals surface area contributed by atoms with E-state index in [1.54, 1.807) is 31.0 Å². The SMILES string of the molecule is C=C/C=C(\C=C)CCN(C)C(C)=O.CC. The molecule has 0 aromatic rings. The van der Waals surface area contributed by atoms with Crippen molar-refractivity contribution in [3.05, 3.63) is 37.0 Å². The van der Waals surface area contributed by atoms with Gasteiger partial charge in [-0.15, -0.1) is 0 Å². The van der Waals surface area contributed by atoms with Gasteiger partial charge in [0.1, 0.15) is 0 Å². The molecule has 0 atom stereocenters. The molecule has 86 valence electrons. The third kappa shape index (κ3) is 9.01. The lowest BCUT2D eigenvalue weighted by Gasteiger charge is -2.14. The van der Waals surface area contributed by atoms with Crippen molar-refractivity contribution in [3.8, 4) is 0 Å². The number of carbonyl (C=O) groups is 1. The van der Waals surface area contributed by atoms with Crippen LogP contribution in [0.2, 0.25) is 0 Å². The van der Waals surface area contributed by atoms with Gasteiger partial charge in [-0.2, -0.15) is 0 Å². The van der Waals surface area contributed by atoms with E-state index < -0.39 is 0 Å². The topological polar surface area (TPSA) is 20.3 Å². The van der Waals surface area contributed by atoms with Crippen molar-refractivity contribution in [1.29, 1.82) is 0 Å². The van der Waals surface area contributed by atoms with E-state index in [1.807, 2.05) is 19.9 Å². The van der Waals surface area contributed by atoms with E-state index in [4.69, 9.17) is 0 Å². The molecule has 0 saturated carbocycles. The summed E-state index contributed by atoms with van der Waals surface area (Å²) in [6.07, 6.45) is 6.24. The Kier molecular flexibility index (Phi) is 11.6. The van der Waals surface area contributed by atoms with Crippen molar-refractivity contribution in [1.82, 2.24) is 4.90 Å². The zero-order chi connectivity index (χ0) is 12.3. The average Bonchev–Trinajstić information content (AvgIpc) is 2.26. The molecule has 0 saturated heterocycles. The van der Waals surface area contributed by atoms with Gasteiger partial charge in [-0.05, 0) is 12.0 Å². The highest BCUT2D eigenvalue weighted by molar-refractivity contribution is 5.72. The zero-order valence-corrected chi connectivity index (χ0v) is 10.4. The molecule has 0 aliphatic carbocycles. The summed E-state index contributed by atoms with van der Waals surface area (Å²) in [5, 5.41) is 0. The van der Waals surface area contributed by atoms with Gasteiger partial charge >= 0.3 is 0 Å². The molecular formula is C13H23NO. The van der Waals surface area contributed by atoms with Crippen LogP contribution in [0.5, 0.6) is 0 Å². The van der Waals surface area contributed by atoms with Gasteiger partial charge in [0.15, 0.2) is 0 Å². The van der Waals surface area contributed by atoms with Gasteiger partial charge in [0.05, 0.1) is 0 Å². The van der Waals surface area contributed by atoms with E-state index in [0.29, 0.717) is 0 Å². The second kappa shape index (κ2) is 10.8. The predicted molar refractivity (Wildman–Crippen MR) is 67.8 cm³/mol. The van der Waals surface area contributed by atoms with Crippen molar-refractivity contribution in [2.75, 3.05) is 13.6 Å². The van der Waals surface area contributed by atoms with Gasteiger partial charge in [0.25, 0.3) is 0 Å². The number of rotatable bonds is 5. The third-order valence-corrected chi connectivity index (χ3v) is 1.87. The van der Waals surface area contributed by atoms with Crippen LogP contribution in [-0.2, 0) is 4.79 Å². The summed E-state index contributed by atoms with van der Waals surface area (Å²) in [7, 11) is 1.79. The van der Waals surface area contributed by atoms with Crippen LogP contribution in [0, 0.1) is 0 Å². The highest BCUT2D eigenvalue weighted by Crippen LogP contribution is 2.03. The molecule has 0 spiro atoms. The second-order valence-corrected chi connectivity index (χ2v) is 2.87. The van der Waals surface area contributed by atoms with E-state index >= 15 is 0 Å². The molecule has 1 amide bonds. The highest BCUT2D eigenvalue weighted by atomic mass is 16.2. The fourth-order valence-corrected chi connectivity index (χ4v) is 0.859. The third-order valence-electron chi connectivity index (χ3n) is 1.87. The summed E-state index contributed by atoms with van der Waals surface area (Å²) < 4.78 is 0. The largest absolute Gasteiger partial charge is 0.346 e. The molecule has 15 heavy (non-hydrogen) atoms. The minimum atomic E-state index is 0.0852. The zero-order valence-electron chi connectivity index (χ0n) is 10.4. The maximum absolute atomic E-state index is 10.9. The smallest absolute Gasteiger partial charge is 0.219 e. The lowest BCUT2D eigenvalue weighted by Crippen LogP contribution is -2.24. The first kappa shape index (κ1) is 16.1. The molecule has 0 radical (unpaired) electrons. The number of nitrogens with zero attached hydrogens (tertiary/aromatic N) is 1. The number of carbonyl (C=O) groups excluding carboxylic acids is 1. The van der Waals surface area contributed by atoms with Crippen LogP contribution >= 0.6 is 0 Å². The first-order valence-electron chi connectivity index (χ1n) is 5.27. The maximum Gasteiger partial charge on any atom is 0.219 e. The van der Waals surface area contributed by atoms with Crippen LogP contribution in [-0.4, -0.2) is 24.4 Å². The Morgan fingerprint density at radius 3 is 2.20 bits per heavy atom. The van der Waals surface area contributed by atoms with Gasteiger partial charge in [-0.3, -0.25) is 4.79 Å². The Labute approximate surface area is 94.0 Å². The normalized spacial score (nSPS) is 9.73. The summed E-state index contributed by atoms with van der Waals surface area (Å²) in [6.45, 7) is 13.6. The Bertz CT molecular complexity index is 229. The van der Waals surface area contributed by atoms with Gasteiger partial charge < -0.3 is 4.90 Å². The van der Waals surface area contributed by atoms with E-state index in [-0.39, 0.29) is 5.91 Å². The summed E-state index contributed by atoms with van der Waals surface area (Å²) >= 11 is 0. The van der Waals surface area contributed by atoms with Crippen LogP contribution in [0.15, 0.2) is 37.0 Å². The fraction of sp³-hybridized carbons (Fsp3) is 0.462. The number of hydrogen-bond donors (Lipinski definition) is 0. The Hall–Kier alpha value is -1.31. The quantitative estimate of drug-likeness (QED) is 0.637. The predicted octanol–water partition coefficient (Wildman–Crippen LogP) is 3.18. The second-order valence-electron chi connectivity index (χ2n) is 2.87. The summed E-state index contributed by atoms with van der Waals surface area (Å²) in [4.78, 5) is 12.5. The molecule has 0 fully saturated rings. The van der Waals surface area contributed by atoms with Crippen molar-refractivity contribution in [2.24, 2.45) is 0 Å². The molecule has 0 aromatic heterocycles. The molecule has 0 unspecified atom stereocenters. The highest BCUT2D eigenvalue weighted by Gasteiger charge is 2.01. The standard InChI is InChI=1S/C11H17NO.C2H6/c1-5-7-11(6-2)8-9-12(4)10(3)13;1-2/h5-7H,1-2,8-9H2,3-4H3;1-2H3/b11-7+;. The van der Waals surface area contributed by atoms with E-state index in [2.05, 4.69) is 13.2 Å². The van der Waals surface area contributed by atoms with Crippen molar-refractivity contribution >= 4 is 5.91 Å². The van der Waals surface area contributed by atoms with Crippen molar-refractivity contribution in [3.63, 3.8) is 0 Å². The lowest BCUT2D eigenvalue weighted by atomic mass is 10.1. The summed E-state index contributed by atoms with van der Waals surface area (Å²) in [6, 6.07) is 0. The molecule has 0 aliphatic rings. The van der Waals surface area contributed by atoms with Gasteiger partial charge in [-0.1, -0.05) is 45.2 Å². The minimum Gasteiger partial charge on any atom is -0.346 e. The van der Waals surface area contributed by atoms with E-state index in [0.717, 1.165) is 18.5 Å². The monoisotopic (exact) mass is 209 g/mol. The molecule has 0 aliphatic heterocycles. The molecule has 0 rings (SSSR count). The van der Waals surface area contributed by atoms with Crippen molar-refractivity contribution in [2.45, 2.75) is 27.2 Å². The lowest BCUT2D eigenvalue weighted by molar-refractivity contribution is -0.127. The molecule has 2 heteroatoms. The molecule has 0 aromatic carbocycles. The van der Waals surface area contributed by atoms with Crippen LogP contribution in [0.3, 0.4) is 0 Å². The van der Waals surface area contributed by atoms with Crippen LogP contribution < -0.4 is 0 Å². The number of hydrogen-bond acceptors (Lipinski definition) is 1. The molecule has 0 N–H and O–H groups in total. The molecule has 0 heterocycles. The Morgan fingerprint density at radius 2 is 1.87 bits per heavy atom. The first-order chi connectivity index (χ1) is 7.11.